The number of benzene rings is 11. The van der Waals surface area contributed by atoms with Crippen molar-refractivity contribution >= 4 is 111 Å². The highest BCUT2D eigenvalue weighted by molar-refractivity contribution is 6.13. The number of nitrogens with zero attached hydrogens (tertiary/aromatic N) is 10. The maximum absolute atomic E-state index is 4.89. The van der Waals surface area contributed by atoms with Crippen LogP contribution in [0.4, 0.5) is 57.1 Å². The van der Waals surface area contributed by atoms with E-state index in [4.69, 9.17) is 9.97 Å². The van der Waals surface area contributed by atoms with Gasteiger partial charge in [-0.2, -0.15) is 0 Å². The van der Waals surface area contributed by atoms with Crippen molar-refractivity contribution in [3.63, 3.8) is 0 Å². The number of hydrogen-bond donors (Lipinski definition) is 5. The first-order chi connectivity index (χ1) is 45.1. The second kappa shape index (κ2) is 22.1. The van der Waals surface area contributed by atoms with Crippen molar-refractivity contribution in [2.75, 3.05) is 26.6 Å². The highest BCUT2D eigenvalue weighted by atomic mass is 15.0. The van der Waals surface area contributed by atoms with Gasteiger partial charge < -0.3 is 26.6 Å². The minimum atomic E-state index is 0.766. The van der Waals surface area contributed by atoms with Gasteiger partial charge in [0.2, 0.25) is 0 Å². The molecule has 16 aromatic rings. The Morgan fingerprint density at radius 1 is 0.231 bits per heavy atom. The highest BCUT2D eigenvalue weighted by Crippen LogP contribution is 2.47. The highest BCUT2D eigenvalue weighted by Gasteiger charge is 2.24. The monoisotopic (exact) mass is 1170 g/mol. The Morgan fingerprint density at radius 2 is 0.681 bits per heavy atom. The second-order valence-electron chi connectivity index (χ2n) is 22.1. The summed E-state index contributed by atoms with van der Waals surface area (Å²) in [4.78, 5) is 43.8. The molecule has 5 aliphatic rings. The van der Waals surface area contributed by atoms with E-state index >= 15 is 0 Å². The lowest BCUT2D eigenvalue weighted by Crippen LogP contribution is -2.04. The van der Waals surface area contributed by atoms with Crippen LogP contribution < -0.4 is 26.6 Å². The first-order valence-corrected chi connectivity index (χ1v) is 29.7. The van der Waals surface area contributed by atoms with Gasteiger partial charge in [-0.15, -0.1) is 0 Å². The van der Waals surface area contributed by atoms with Gasteiger partial charge in [-0.25, -0.2) is 49.8 Å². The van der Waals surface area contributed by atoms with E-state index in [1.807, 2.05) is 116 Å². The molecule has 0 atom stereocenters. The molecule has 0 amide bonds. The van der Waals surface area contributed by atoms with Crippen molar-refractivity contribution in [2.45, 2.75) is 0 Å². The Morgan fingerprint density at radius 3 is 1.41 bits per heavy atom. The van der Waals surface area contributed by atoms with E-state index in [1.54, 1.807) is 25.3 Å². The van der Waals surface area contributed by atoms with Gasteiger partial charge in [0.05, 0.1) is 73.0 Å². The van der Waals surface area contributed by atoms with Crippen LogP contribution in [0.3, 0.4) is 0 Å². The normalized spacial score (nSPS) is 12.0. The minimum absolute atomic E-state index is 0.766. The van der Waals surface area contributed by atoms with Gasteiger partial charge in [-0.3, -0.25) is 0 Å². The molecule has 15 nitrogen and oxygen atoms in total. The molecule has 0 unspecified atom stereocenters. The van der Waals surface area contributed by atoms with Crippen LogP contribution >= 0.6 is 0 Å². The Hall–Kier alpha value is -12.9. The molecule has 0 spiro atoms. The van der Waals surface area contributed by atoms with Crippen LogP contribution in [0.2, 0.25) is 0 Å². The predicted octanol–water partition coefficient (Wildman–Crippen LogP) is 18.4. The molecule has 5 N–H and O–H groups in total. The first-order valence-electron chi connectivity index (χ1n) is 29.7. The first kappa shape index (κ1) is 52.4. The zero-order valence-corrected chi connectivity index (χ0v) is 48.4. The van der Waals surface area contributed by atoms with Crippen molar-refractivity contribution in [1.82, 2.24) is 49.8 Å². The summed E-state index contributed by atoms with van der Waals surface area (Å²) in [5.74, 6) is 2.54. The van der Waals surface area contributed by atoms with Gasteiger partial charge in [0.15, 0.2) is 5.82 Å². The number of anilines is 10. The zero-order chi connectivity index (χ0) is 60.2. The summed E-state index contributed by atoms with van der Waals surface area (Å²) in [6.07, 6.45) is 10.1. The molecule has 11 aromatic carbocycles. The molecule has 15 heteroatoms. The summed E-state index contributed by atoms with van der Waals surface area (Å²) >= 11 is 0. The van der Waals surface area contributed by atoms with E-state index in [2.05, 4.69) is 194 Å². The van der Waals surface area contributed by atoms with Gasteiger partial charge >= 0.3 is 0 Å². The van der Waals surface area contributed by atoms with Crippen molar-refractivity contribution in [3.8, 4) is 67.4 Å². The van der Waals surface area contributed by atoms with E-state index in [0.29, 0.717) is 0 Å². The molecule has 0 radical (unpaired) electrons. The summed E-state index contributed by atoms with van der Waals surface area (Å²) in [5.41, 5.74) is 23.7. The van der Waals surface area contributed by atoms with Crippen LogP contribution in [-0.4, -0.2) is 49.8 Å². The van der Waals surface area contributed by atoms with Crippen molar-refractivity contribution in [1.29, 1.82) is 0 Å². The van der Waals surface area contributed by atoms with Crippen LogP contribution in [0.15, 0.2) is 268 Å². The Labute approximate surface area is 520 Å². The number of rotatable bonds is 1. The van der Waals surface area contributed by atoms with Gasteiger partial charge in [-0.1, -0.05) is 170 Å². The molecule has 0 saturated heterocycles. The molecule has 0 bridgehead atoms. The Bertz CT molecular complexity index is 5030. The Balaban J connectivity index is 0.0000000879. The molecule has 91 heavy (non-hydrogen) atoms. The number of fused-ring (bicyclic) bond motifs is 10. The molecule has 21 rings (SSSR count). The number of aromatic nitrogens is 10. The number of hydrogen-bond acceptors (Lipinski definition) is 15. The maximum Gasteiger partial charge on any atom is 0.160 e. The fraction of sp³-hybridized carbons (Fsp3) is 0. The van der Waals surface area contributed by atoms with Gasteiger partial charge in [-0.05, 0) is 82.6 Å². The molecule has 5 aliphatic heterocycles. The van der Waals surface area contributed by atoms with Crippen molar-refractivity contribution in [2.24, 2.45) is 0 Å². The fourth-order valence-corrected chi connectivity index (χ4v) is 12.7. The van der Waals surface area contributed by atoms with E-state index < -0.39 is 0 Å². The van der Waals surface area contributed by atoms with Gasteiger partial charge in [0.25, 0.3) is 0 Å². The van der Waals surface area contributed by atoms with Gasteiger partial charge in [0, 0.05) is 78.8 Å². The third-order valence-electron chi connectivity index (χ3n) is 16.8. The largest absolute Gasteiger partial charge is 0.354 e. The molecular formula is C76H49N15. The summed E-state index contributed by atoms with van der Waals surface area (Å²) in [6, 6.07) is 78.4. The Kier molecular flexibility index (Phi) is 12.8. The molecular weight excluding hydrogens is 1120 g/mol. The van der Waals surface area contributed by atoms with E-state index in [1.165, 1.54) is 43.8 Å². The van der Waals surface area contributed by atoms with Gasteiger partial charge in [0.1, 0.15) is 36.9 Å². The number of para-hydroxylation sites is 3. The van der Waals surface area contributed by atoms with E-state index in [9.17, 15) is 0 Å². The third kappa shape index (κ3) is 9.32. The van der Waals surface area contributed by atoms with Crippen LogP contribution in [0.5, 0.6) is 0 Å². The molecule has 0 fully saturated rings. The second-order valence-corrected chi connectivity index (χ2v) is 22.1. The lowest BCUT2D eigenvalue weighted by atomic mass is 9.95. The number of nitrogens with one attached hydrogen (secondary N) is 5. The summed E-state index contributed by atoms with van der Waals surface area (Å²) in [7, 11) is 0. The van der Waals surface area contributed by atoms with Crippen LogP contribution in [0, 0.1) is 0 Å². The van der Waals surface area contributed by atoms with Crippen LogP contribution in [0.1, 0.15) is 0 Å². The average Bonchev–Trinajstić information content (AvgIpc) is 0.911. The summed E-state index contributed by atoms with van der Waals surface area (Å²) in [6.45, 7) is 0. The topological polar surface area (TPSA) is 189 Å². The van der Waals surface area contributed by atoms with E-state index in [-0.39, 0.29) is 0 Å². The molecule has 10 heterocycles. The molecule has 5 aromatic heterocycles. The average molecular weight is 1170 g/mol. The molecule has 0 saturated carbocycles. The zero-order valence-electron chi connectivity index (χ0n) is 48.4. The van der Waals surface area contributed by atoms with Crippen LogP contribution in [-0.2, 0) is 0 Å². The fourth-order valence-electron chi connectivity index (χ4n) is 12.7. The van der Waals surface area contributed by atoms with Crippen molar-refractivity contribution in [3.05, 3.63) is 268 Å². The summed E-state index contributed by atoms with van der Waals surface area (Å²) in [5, 5.41) is 25.3. The predicted molar refractivity (Wildman–Crippen MR) is 367 cm³/mol. The standard InChI is InChI=1S/C20H13N3.4C14H9N3/c1-2-7-13(8-3-1)20-22-17-12-6-11-16-18(17)19(23-20)14-9-4-5-10-15(14)21-16;1-3-9-4-2-6-12-13(9)10(5-1)11-7-15-8-16-14(11)17-12;1-3-9-4-2-6-11-13(9)10(5-1)14-12(17-11)7-15-8-16-14;1-2-6-11-9(4-1)10-5-3-7-12-13(10)14(17-11)16-8-15-12;1-2-5-10-9(4-1)14-13-11(15-8-16-14)6-3-7-12(13)17-10/h1-12,21H;1-8H,(H,15,16,17);1-8,17H;1-8H,(H,15,16,17);1-8,17H. The van der Waals surface area contributed by atoms with Crippen LogP contribution in [0.25, 0.3) is 122 Å². The summed E-state index contributed by atoms with van der Waals surface area (Å²) < 4.78 is 0. The van der Waals surface area contributed by atoms with E-state index in [0.717, 1.165) is 135 Å². The minimum Gasteiger partial charge on any atom is -0.354 e. The lowest BCUT2D eigenvalue weighted by Gasteiger charge is -2.21. The maximum atomic E-state index is 4.89. The quantitative estimate of drug-likeness (QED) is 0.104. The lowest BCUT2D eigenvalue weighted by molar-refractivity contribution is 1.17. The molecule has 0 aliphatic carbocycles. The molecule has 428 valence electrons. The SMILES string of the molecule is c1cc2c3c(cccc3c1)-c1cncnc1N2.c1cc2c3c(cccc3c1)-c1ncncc1N2.c1ccc(-c2nc3c4c(cccc4n2)Nc2ccccc2-3)cc1.c1ccc2c(c1)Nc1cccc3ncnc-2c13.c1ccc2c(c1)Nc1ncnc3cccc-2c13. The smallest absolute Gasteiger partial charge is 0.160 e. The third-order valence-corrected chi connectivity index (χ3v) is 16.8. The van der Waals surface area contributed by atoms with Crippen molar-refractivity contribution < 1.29 is 0 Å².